The van der Waals surface area contributed by atoms with Gasteiger partial charge in [0.05, 0.1) is 0 Å². The first-order valence-electron chi connectivity index (χ1n) is 5.47. The van der Waals surface area contributed by atoms with E-state index in [9.17, 15) is 4.79 Å². The molecule has 0 spiro atoms. The highest BCUT2D eigenvalue weighted by atomic mass is 16.2. The highest BCUT2D eigenvalue weighted by Gasteiger charge is 2.28. The van der Waals surface area contributed by atoms with Crippen LogP contribution in [0.25, 0.3) is 0 Å². The number of carbonyl (C=O) groups excluding carboxylic acids is 1. The van der Waals surface area contributed by atoms with E-state index in [1.165, 1.54) is 25.7 Å². The van der Waals surface area contributed by atoms with Crippen molar-refractivity contribution in [1.29, 1.82) is 0 Å². The van der Waals surface area contributed by atoms with E-state index < -0.39 is 0 Å². The van der Waals surface area contributed by atoms with Crippen molar-refractivity contribution in [3.05, 3.63) is 0 Å². The Morgan fingerprint density at radius 2 is 2.23 bits per heavy atom. The molecule has 0 radical (unpaired) electrons. The fourth-order valence-electron chi connectivity index (χ4n) is 2.09. The molecule has 1 saturated heterocycles. The zero-order chi connectivity index (χ0) is 9.84. The Morgan fingerprint density at radius 3 is 2.77 bits per heavy atom. The Labute approximate surface area is 81.3 Å². The number of hydrogen-bond acceptors (Lipinski definition) is 1. The normalized spacial score (nSPS) is 22.8. The molecule has 0 aromatic heterocycles. The molecule has 1 rings (SSSR count). The Hall–Kier alpha value is -0.530. The largest absolute Gasteiger partial charge is 0.339 e. The lowest BCUT2D eigenvalue weighted by atomic mass is 10.1. The molecule has 0 aromatic carbocycles. The van der Waals surface area contributed by atoms with Crippen LogP contribution in [0.1, 0.15) is 46.5 Å². The number of amides is 1. The Morgan fingerprint density at radius 1 is 1.54 bits per heavy atom. The van der Waals surface area contributed by atoms with Gasteiger partial charge in [-0.1, -0.05) is 27.2 Å². The van der Waals surface area contributed by atoms with Gasteiger partial charge in [0, 0.05) is 18.5 Å². The maximum atomic E-state index is 11.8. The monoisotopic (exact) mass is 183 g/mol. The van der Waals surface area contributed by atoms with Gasteiger partial charge in [-0.15, -0.1) is 0 Å². The van der Waals surface area contributed by atoms with Crippen molar-refractivity contribution in [2.24, 2.45) is 5.92 Å². The van der Waals surface area contributed by atoms with Crippen LogP contribution in [0, 0.1) is 5.92 Å². The molecule has 0 unspecified atom stereocenters. The number of hydrogen-bond donors (Lipinski definition) is 0. The standard InChI is InChI=1S/C11H21NO/c1-4-6-10-7-5-8-12(10)11(13)9(2)3/h9-10H,4-8H2,1-3H3/t10-/m0/s1. The molecular formula is C11H21NO. The quantitative estimate of drug-likeness (QED) is 0.658. The van der Waals surface area contributed by atoms with Crippen LogP contribution in [0.4, 0.5) is 0 Å². The van der Waals surface area contributed by atoms with Crippen LogP contribution < -0.4 is 0 Å². The topological polar surface area (TPSA) is 20.3 Å². The van der Waals surface area contributed by atoms with E-state index in [1.54, 1.807) is 0 Å². The third kappa shape index (κ3) is 2.45. The molecule has 0 aromatic rings. The zero-order valence-corrected chi connectivity index (χ0v) is 9.05. The molecule has 1 aliphatic rings. The van der Waals surface area contributed by atoms with E-state index in [1.807, 2.05) is 13.8 Å². The number of rotatable bonds is 3. The maximum absolute atomic E-state index is 11.8. The van der Waals surface area contributed by atoms with Gasteiger partial charge in [0.2, 0.25) is 5.91 Å². The van der Waals surface area contributed by atoms with E-state index >= 15 is 0 Å². The third-order valence-corrected chi connectivity index (χ3v) is 2.78. The van der Waals surface area contributed by atoms with Crippen LogP contribution in [-0.4, -0.2) is 23.4 Å². The highest BCUT2D eigenvalue weighted by molar-refractivity contribution is 5.78. The van der Waals surface area contributed by atoms with Gasteiger partial charge in [-0.2, -0.15) is 0 Å². The van der Waals surface area contributed by atoms with Gasteiger partial charge in [0.15, 0.2) is 0 Å². The molecule has 1 aliphatic heterocycles. The van der Waals surface area contributed by atoms with E-state index in [0.717, 1.165) is 6.54 Å². The smallest absolute Gasteiger partial charge is 0.225 e. The van der Waals surface area contributed by atoms with Gasteiger partial charge in [0.25, 0.3) is 0 Å². The average molecular weight is 183 g/mol. The predicted octanol–water partition coefficient (Wildman–Crippen LogP) is 2.43. The lowest BCUT2D eigenvalue weighted by molar-refractivity contribution is -0.135. The van der Waals surface area contributed by atoms with Crippen molar-refractivity contribution in [1.82, 2.24) is 4.90 Å². The van der Waals surface area contributed by atoms with Crippen LogP contribution in [0.2, 0.25) is 0 Å². The number of nitrogens with zero attached hydrogens (tertiary/aromatic N) is 1. The van der Waals surface area contributed by atoms with Gasteiger partial charge in [-0.3, -0.25) is 4.79 Å². The summed E-state index contributed by atoms with van der Waals surface area (Å²) >= 11 is 0. The second-order valence-corrected chi connectivity index (χ2v) is 4.27. The highest BCUT2D eigenvalue weighted by Crippen LogP contribution is 2.22. The van der Waals surface area contributed by atoms with Crippen LogP contribution in [-0.2, 0) is 4.79 Å². The van der Waals surface area contributed by atoms with Gasteiger partial charge in [-0.25, -0.2) is 0 Å². The minimum Gasteiger partial charge on any atom is -0.339 e. The summed E-state index contributed by atoms with van der Waals surface area (Å²) in [5, 5.41) is 0. The van der Waals surface area contributed by atoms with E-state index in [-0.39, 0.29) is 5.92 Å². The lowest BCUT2D eigenvalue weighted by Crippen LogP contribution is -2.38. The van der Waals surface area contributed by atoms with E-state index in [2.05, 4.69) is 11.8 Å². The Bertz CT molecular complexity index is 177. The summed E-state index contributed by atoms with van der Waals surface area (Å²) in [6.45, 7) is 7.16. The Balaban J connectivity index is 2.52. The van der Waals surface area contributed by atoms with Gasteiger partial charge < -0.3 is 4.90 Å². The summed E-state index contributed by atoms with van der Waals surface area (Å²) < 4.78 is 0. The first-order chi connectivity index (χ1) is 6.16. The second-order valence-electron chi connectivity index (χ2n) is 4.27. The summed E-state index contributed by atoms with van der Waals surface area (Å²) in [4.78, 5) is 13.8. The van der Waals surface area contributed by atoms with Gasteiger partial charge in [-0.05, 0) is 19.3 Å². The predicted molar refractivity (Wildman–Crippen MR) is 54.5 cm³/mol. The van der Waals surface area contributed by atoms with Crippen LogP contribution in [0.5, 0.6) is 0 Å². The van der Waals surface area contributed by atoms with Crippen molar-refractivity contribution >= 4 is 5.91 Å². The summed E-state index contributed by atoms with van der Waals surface area (Å²) in [5.41, 5.74) is 0. The first kappa shape index (κ1) is 10.6. The molecule has 2 nitrogen and oxygen atoms in total. The molecule has 0 N–H and O–H groups in total. The first-order valence-corrected chi connectivity index (χ1v) is 5.47. The van der Waals surface area contributed by atoms with Crippen LogP contribution in [0.3, 0.4) is 0 Å². The molecule has 13 heavy (non-hydrogen) atoms. The minimum absolute atomic E-state index is 0.164. The molecule has 2 heteroatoms. The van der Waals surface area contributed by atoms with E-state index in [0.29, 0.717) is 11.9 Å². The summed E-state index contributed by atoms with van der Waals surface area (Å²) in [7, 11) is 0. The van der Waals surface area contributed by atoms with Gasteiger partial charge in [0.1, 0.15) is 0 Å². The van der Waals surface area contributed by atoms with Crippen molar-refractivity contribution in [2.45, 2.75) is 52.5 Å². The average Bonchev–Trinajstić information content (AvgIpc) is 2.52. The molecule has 1 fully saturated rings. The van der Waals surface area contributed by atoms with Crippen molar-refractivity contribution in [2.75, 3.05) is 6.54 Å². The fraction of sp³-hybridized carbons (Fsp3) is 0.909. The summed E-state index contributed by atoms with van der Waals surface area (Å²) in [6.07, 6.45) is 4.78. The lowest BCUT2D eigenvalue weighted by Gasteiger charge is -2.26. The summed E-state index contributed by atoms with van der Waals surface area (Å²) in [5.74, 6) is 0.508. The fourth-order valence-corrected chi connectivity index (χ4v) is 2.09. The molecule has 1 amide bonds. The maximum Gasteiger partial charge on any atom is 0.225 e. The Kier molecular flexibility index (Phi) is 3.76. The second kappa shape index (κ2) is 4.64. The molecule has 1 atom stereocenters. The van der Waals surface area contributed by atoms with Crippen molar-refractivity contribution in [3.63, 3.8) is 0 Å². The molecule has 76 valence electrons. The zero-order valence-electron chi connectivity index (χ0n) is 9.05. The molecular weight excluding hydrogens is 162 g/mol. The van der Waals surface area contributed by atoms with E-state index in [4.69, 9.17) is 0 Å². The number of likely N-dealkylation sites (tertiary alicyclic amines) is 1. The van der Waals surface area contributed by atoms with Crippen LogP contribution >= 0.6 is 0 Å². The van der Waals surface area contributed by atoms with Gasteiger partial charge >= 0.3 is 0 Å². The van der Waals surface area contributed by atoms with Crippen molar-refractivity contribution in [3.8, 4) is 0 Å². The molecule has 1 heterocycles. The SMILES string of the molecule is CCC[C@H]1CCCN1C(=O)C(C)C. The minimum atomic E-state index is 0.164. The molecule has 0 aliphatic carbocycles. The summed E-state index contributed by atoms with van der Waals surface area (Å²) in [6, 6.07) is 0.542. The van der Waals surface area contributed by atoms with Crippen LogP contribution in [0.15, 0.2) is 0 Å². The molecule has 0 saturated carbocycles. The van der Waals surface area contributed by atoms with Crippen molar-refractivity contribution < 1.29 is 4.79 Å². The number of carbonyl (C=O) groups is 1. The third-order valence-electron chi connectivity index (χ3n) is 2.78. The molecule has 0 bridgehead atoms.